The number of hydrogen-bond acceptors (Lipinski definition) is 5. The summed E-state index contributed by atoms with van der Waals surface area (Å²) in [6.45, 7) is 0.252. The molecule has 4 N–H and O–H groups in total. The maximum Gasteiger partial charge on any atom is 0.255 e. The number of aromatic nitrogens is 1. The SMILES string of the molecule is NC(=O)C1C(NC(=O)c2ccc(-n3ccccc3=O)cc2)[CH]CCN1C(=O)C1(O)CC1. The lowest BCUT2D eigenvalue weighted by Crippen LogP contribution is -2.64. The summed E-state index contributed by atoms with van der Waals surface area (Å²) >= 11 is 0. The lowest BCUT2D eigenvalue weighted by molar-refractivity contribution is -0.150. The van der Waals surface area contributed by atoms with Gasteiger partial charge in [-0.2, -0.15) is 0 Å². The van der Waals surface area contributed by atoms with E-state index in [2.05, 4.69) is 5.32 Å². The fourth-order valence-electron chi connectivity index (χ4n) is 3.80. The van der Waals surface area contributed by atoms with Gasteiger partial charge in [0.1, 0.15) is 11.6 Å². The third-order valence-electron chi connectivity index (χ3n) is 5.67. The van der Waals surface area contributed by atoms with Crippen LogP contribution in [0.5, 0.6) is 0 Å². The molecule has 1 radical (unpaired) electrons. The number of benzene rings is 1. The van der Waals surface area contributed by atoms with Crippen molar-refractivity contribution in [3.05, 3.63) is 71.0 Å². The molecule has 1 saturated heterocycles. The van der Waals surface area contributed by atoms with Gasteiger partial charge in [-0.1, -0.05) is 6.07 Å². The molecule has 0 bridgehead atoms. The number of aliphatic hydroxyl groups is 1. The Morgan fingerprint density at radius 3 is 2.42 bits per heavy atom. The predicted octanol–water partition coefficient (Wildman–Crippen LogP) is -0.249. The Morgan fingerprint density at radius 1 is 1.10 bits per heavy atom. The Morgan fingerprint density at radius 2 is 1.81 bits per heavy atom. The number of nitrogens with two attached hydrogens (primary N) is 1. The highest BCUT2D eigenvalue weighted by Gasteiger charge is 2.53. The van der Waals surface area contributed by atoms with Crippen molar-refractivity contribution in [2.24, 2.45) is 5.73 Å². The monoisotopic (exact) mass is 423 g/mol. The van der Waals surface area contributed by atoms with Crippen molar-refractivity contribution in [2.75, 3.05) is 6.54 Å². The number of hydrogen-bond donors (Lipinski definition) is 3. The van der Waals surface area contributed by atoms with E-state index in [1.165, 1.54) is 15.5 Å². The fraction of sp³-hybridized carbons (Fsp3) is 0.318. The molecule has 2 aromatic rings. The van der Waals surface area contributed by atoms with Crippen molar-refractivity contribution in [3.63, 3.8) is 0 Å². The molecule has 1 aromatic carbocycles. The third-order valence-corrected chi connectivity index (χ3v) is 5.67. The summed E-state index contributed by atoms with van der Waals surface area (Å²) < 4.78 is 1.45. The van der Waals surface area contributed by atoms with Gasteiger partial charge >= 0.3 is 0 Å². The van der Waals surface area contributed by atoms with Crippen LogP contribution in [0.1, 0.15) is 29.6 Å². The number of rotatable bonds is 5. The van der Waals surface area contributed by atoms with Gasteiger partial charge in [0.25, 0.3) is 17.4 Å². The standard InChI is InChI=1S/C22H23N4O5/c23-19(28)18-16(4-3-13-26(18)21(30)22(31)10-11-22)24-20(29)14-6-8-15(9-7-14)25-12-2-1-5-17(25)27/h1-2,4-9,12,16,18,31H,3,10-11,13H2,(H2,23,28)(H,24,29). The molecule has 1 aromatic heterocycles. The van der Waals surface area contributed by atoms with Crippen LogP contribution in [0.3, 0.4) is 0 Å². The highest BCUT2D eigenvalue weighted by molar-refractivity contribution is 5.97. The van der Waals surface area contributed by atoms with Gasteiger partial charge in [-0.15, -0.1) is 0 Å². The number of amides is 3. The number of nitrogens with one attached hydrogen (secondary N) is 1. The molecule has 31 heavy (non-hydrogen) atoms. The molecule has 0 spiro atoms. The van der Waals surface area contributed by atoms with Crippen molar-refractivity contribution in [3.8, 4) is 5.69 Å². The summed E-state index contributed by atoms with van der Waals surface area (Å²) in [7, 11) is 0. The van der Waals surface area contributed by atoms with E-state index >= 15 is 0 Å². The Hall–Kier alpha value is -3.46. The van der Waals surface area contributed by atoms with Gasteiger partial charge in [-0.05, 0) is 56.0 Å². The first-order valence-corrected chi connectivity index (χ1v) is 10.1. The highest BCUT2D eigenvalue weighted by atomic mass is 16.3. The molecule has 4 rings (SSSR count). The molecule has 2 aliphatic rings. The second-order valence-electron chi connectivity index (χ2n) is 7.86. The number of piperidine rings is 1. The summed E-state index contributed by atoms with van der Waals surface area (Å²) in [5, 5.41) is 12.9. The number of pyridine rings is 1. The van der Waals surface area contributed by atoms with Gasteiger partial charge in [0.05, 0.1) is 6.04 Å². The largest absolute Gasteiger partial charge is 0.380 e. The van der Waals surface area contributed by atoms with Crippen LogP contribution >= 0.6 is 0 Å². The Kier molecular flexibility index (Phi) is 5.36. The molecular weight excluding hydrogens is 400 g/mol. The first-order valence-electron chi connectivity index (χ1n) is 10.1. The van der Waals surface area contributed by atoms with Crippen LogP contribution in [-0.4, -0.2) is 56.5 Å². The minimum Gasteiger partial charge on any atom is -0.380 e. The van der Waals surface area contributed by atoms with Gasteiger partial charge in [0, 0.05) is 30.1 Å². The molecule has 2 fully saturated rings. The second kappa shape index (κ2) is 7.99. The summed E-state index contributed by atoms with van der Waals surface area (Å²) in [6, 6.07) is 9.40. The molecule has 1 aliphatic carbocycles. The molecule has 1 saturated carbocycles. The van der Waals surface area contributed by atoms with Gasteiger partial charge in [-0.3, -0.25) is 23.7 Å². The van der Waals surface area contributed by atoms with Crippen LogP contribution in [0.4, 0.5) is 0 Å². The summed E-state index contributed by atoms with van der Waals surface area (Å²) in [4.78, 5) is 50.7. The zero-order valence-electron chi connectivity index (χ0n) is 16.7. The lowest BCUT2D eigenvalue weighted by Gasteiger charge is -2.40. The van der Waals surface area contributed by atoms with Crippen LogP contribution in [0.25, 0.3) is 5.69 Å². The number of carbonyl (C=O) groups is 3. The molecule has 2 unspecified atom stereocenters. The van der Waals surface area contributed by atoms with Crippen molar-refractivity contribution in [1.29, 1.82) is 0 Å². The van der Waals surface area contributed by atoms with Crippen LogP contribution in [0.2, 0.25) is 0 Å². The summed E-state index contributed by atoms with van der Waals surface area (Å²) in [5.41, 5.74) is 4.86. The van der Waals surface area contributed by atoms with Crippen LogP contribution in [-0.2, 0) is 9.59 Å². The molecule has 1 aliphatic heterocycles. The average molecular weight is 423 g/mol. The normalized spacial score (nSPS) is 21.9. The summed E-state index contributed by atoms with van der Waals surface area (Å²) in [6.07, 6.45) is 4.53. The Labute approximate surface area is 178 Å². The van der Waals surface area contributed by atoms with Crippen molar-refractivity contribution < 1.29 is 19.5 Å². The van der Waals surface area contributed by atoms with Crippen molar-refractivity contribution >= 4 is 17.7 Å². The quantitative estimate of drug-likeness (QED) is 0.610. The van der Waals surface area contributed by atoms with Gasteiger partial charge in [0.2, 0.25) is 5.91 Å². The first-order chi connectivity index (χ1) is 14.8. The zero-order valence-corrected chi connectivity index (χ0v) is 16.7. The number of likely N-dealkylation sites (tertiary alicyclic amines) is 1. The zero-order chi connectivity index (χ0) is 22.2. The van der Waals surface area contributed by atoms with E-state index in [4.69, 9.17) is 5.73 Å². The van der Waals surface area contributed by atoms with E-state index in [0.29, 0.717) is 30.5 Å². The van der Waals surface area contributed by atoms with Gasteiger partial charge < -0.3 is 21.1 Å². The highest BCUT2D eigenvalue weighted by Crippen LogP contribution is 2.38. The van der Waals surface area contributed by atoms with E-state index in [1.54, 1.807) is 49.0 Å². The average Bonchev–Trinajstić information content (AvgIpc) is 3.52. The topological polar surface area (TPSA) is 135 Å². The smallest absolute Gasteiger partial charge is 0.255 e. The third kappa shape index (κ3) is 4.09. The number of primary amides is 1. The van der Waals surface area contributed by atoms with Crippen LogP contribution < -0.4 is 16.6 Å². The van der Waals surface area contributed by atoms with E-state index < -0.39 is 35.4 Å². The molecule has 9 nitrogen and oxygen atoms in total. The molecular formula is C22H23N4O5. The Bertz CT molecular complexity index is 1070. The predicted molar refractivity (Wildman–Crippen MR) is 111 cm³/mol. The fourth-order valence-corrected chi connectivity index (χ4v) is 3.80. The van der Waals surface area contributed by atoms with Crippen LogP contribution in [0.15, 0.2) is 53.5 Å². The maximum atomic E-state index is 12.8. The lowest BCUT2D eigenvalue weighted by atomic mass is 9.94. The minimum atomic E-state index is -1.43. The van der Waals surface area contributed by atoms with Crippen molar-refractivity contribution in [1.82, 2.24) is 14.8 Å². The van der Waals surface area contributed by atoms with E-state index in [1.807, 2.05) is 0 Å². The van der Waals surface area contributed by atoms with Crippen LogP contribution in [0, 0.1) is 6.42 Å². The second-order valence-corrected chi connectivity index (χ2v) is 7.86. The minimum absolute atomic E-state index is 0.192. The Balaban J connectivity index is 1.50. The van der Waals surface area contributed by atoms with Crippen molar-refractivity contribution in [2.45, 2.75) is 36.9 Å². The van der Waals surface area contributed by atoms with E-state index in [9.17, 15) is 24.3 Å². The van der Waals surface area contributed by atoms with E-state index in [0.717, 1.165) is 0 Å². The molecule has 161 valence electrons. The van der Waals surface area contributed by atoms with Gasteiger partial charge in [-0.25, -0.2) is 0 Å². The van der Waals surface area contributed by atoms with E-state index in [-0.39, 0.29) is 12.1 Å². The first kappa shape index (κ1) is 20.8. The molecule has 2 atom stereocenters. The van der Waals surface area contributed by atoms with Gasteiger partial charge in [0.15, 0.2) is 0 Å². The summed E-state index contributed by atoms with van der Waals surface area (Å²) in [5.74, 6) is -1.72. The molecule has 9 heteroatoms. The molecule has 2 heterocycles. The molecule has 3 amide bonds. The number of nitrogens with zero attached hydrogens (tertiary/aromatic N) is 2. The maximum absolute atomic E-state index is 12.8. The number of carbonyl (C=O) groups excluding carboxylic acids is 3.